The summed E-state index contributed by atoms with van der Waals surface area (Å²) in [6.45, 7) is 3.67. The summed E-state index contributed by atoms with van der Waals surface area (Å²) in [4.78, 5) is 43.5. The van der Waals surface area contributed by atoms with Crippen molar-refractivity contribution >= 4 is 28.9 Å². The number of carbonyl (C=O) groups excluding carboxylic acids is 2. The lowest BCUT2D eigenvalue weighted by atomic mass is 10.0. The van der Waals surface area contributed by atoms with Crippen LogP contribution >= 0.6 is 0 Å². The number of rotatable bonds is 8. The Balaban J connectivity index is 1.48. The summed E-state index contributed by atoms with van der Waals surface area (Å²) in [7, 11) is 1.77. The zero-order valence-corrected chi connectivity index (χ0v) is 24.7. The highest BCUT2D eigenvalue weighted by Crippen LogP contribution is 2.42. The van der Waals surface area contributed by atoms with Gasteiger partial charge in [-0.05, 0) is 43.2 Å². The molecule has 13 nitrogen and oxygen atoms in total. The average Bonchev–Trinajstić information content (AvgIpc) is 3.61. The van der Waals surface area contributed by atoms with Gasteiger partial charge >= 0.3 is 18.1 Å². The maximum absolute atomic E-state index is 13.5. The topological polar surface area (TPSA) is 162 Å². The van der Waals surface area contributed by atoms with Crippen LogP contribution in [0.5, 0.6) is 11.8 Å². The predicted octanol–water partition coefficient (Wildman–Crippen LogP) is 5.33. The van der Waals surface area contributed by atoms with Crippen LogP contribution in [0.15, 0.2) is 79.3 Å². The zero-order chi connectivity index (χ0) is 31.5. The molecule has 2 N–H and O–H groups in total. The first-order valence-electron chi connectivity index (χ1n) is 14.0. The lowest BCUT2D eigenvalue weighted by molar-refractivity contribution is 0.0518. The van der Waals surface area contributed by atoms with Crippen LogP contribution in [0.1, 0.15) is 28.7 Å². The predicted molar refractivity (Wildman–Crippen MR) is 164 cm³/mol. The Morgan fingerprint density at radius 1 is 0.956 bits per heavy atom. The number of nitrogen functional groups attached to an aromatic ring is 1. The Kier molecular flexibility index (Phi) is 7.89. The maximum Gasteiger partial charge on any atom is 0.435 e. The molecule has 6 aromatic rings. The Labute approximate surface area is 257 Å². The van der Waals surface area contributed by atoms with Crippen molar-refractivity contribution in [2.45, 2.75) is 20.5 Å². The monoisotopic (exact) mass is 604 g/mol. The number of anilines is 1. The molecule has 0 amide bonds. The molecule has 226 valence electrons. The van der Waals surface area contributed by atoms with Gasteiger partial charge < -0.3 is 24.5 Å². The Bertz CT molecular complexity index is 2020. The van der Waals surface area contributed by atoms with Crippen molar-refractivity contribution in [3.8, 4) is 34.3 Å². The molecule has 6 rings (SSSR count). The van der Waals surface area contributed by atoms with Crippen molar-refractivity contribution in [3.63, 3.8) is 0 Å². The summed E-state index contributed by atoms with van der Waals surface area (Å²) in [6.07, 6.45) is 2.19. The molecular formula is C32H28N8O5. The third kappa shape index (κ3) is 5.78. The van der Waals surface area contributed by atoms with Crippen LogP contribution in [0.25, 0.3) is 33.5 Å². The molecule has 0 spiro atoms. The summed E-state index contributed by atoms with van der Waals surface area (Å²) < 4.78 is 19.5. The quantitative estimate of drug-likeness (QED) is 0.223. The molecule has 0 fully saturated rings. The van der Waals surface area contributed by atoms with Gasteiger partial charge in [-0.1, -0.05) is 42.5 Å². The number of esters is 1. The number of hydrogen-bond donors (Lipinski definition) is 1. The van der Waals surface area contributed by atoms with Gasteiger partial charge in [-0.3, -0.25) is 0 Å². The lowest BCUT2D eigenvalue weighted by Crippen LogP contribution is -2.18. The summed E-state index contributed by atoms with van der Waals surface area (Å²) >= 11 is 0. The minimum absolute atomic E-state index is 0.000220. The van der Waals surface area contributed by atoms with Crippen molar-refractivity contribution in [2.75, 3.05) is 12.3 Å². The van der Waals surface area contributed by atoms with Crippen LogP contribution in [0.4, 0.5) is 10.6 Å². The summed E-state index contributed by atoms with van der Waals surface area (Å²) in [5.41, 5.74) is 10.5. The maximum atomic E-state index is 13.5. The van der Waals surface area contributed by atoms with Gasteiger partial charge in [0.25, 0.3) is 0 Å². The number of benzene rings is 2. The van der Waals surface area contributed by atoms with Crippen molar-refractivity contribution < 1.29 is 23.8 Å². The largest absolute Gasteiger partial charge is 0.461 e. The minimum Gasteiger partial charge on any atom is -0.461 e. The molecule has 0 aliphatic rings. The first kappa shape index (κ1) is 29.0. The van der Waals surface area contributed by atoms with Gasteiger partial charge in [-0.25, -0.2) is 29.5 Å². The normalized spacial score (nSPS) is 11.0. The molecule has 0 saturated carbocycles. The molecule has 4 heterocycles. The second kappa shape index (κ2) is 12.2. The first-order valence-corrected chi connectivity index (χ1v) is 14.0. The molecule has 0 bridgehead atoms. The van der Waals surface area contributed by atoms with Gasteiger partial charge in [0.2, 0.25) is 0 Å². The van der Waals surface area contributed by atoms with Gasteiger partial charge in [-0.2, -0.15) is 9.78 Å². The van der Waals surface area contributed by atoms with Crippen LogP contribution < -0.4 is 10.5 Å². The fourth-order valence-corrected chi connectivity index (χ4v) is 4.90. The number of fused-ring (bicyclic) bond motifs is 1. The number of carbonyl (C=O) groups is 2. The van der Waals surface area contributed by atoms with Gasteiger partial charge in [-0.15, -0.1) is 0 Å². The van der Waals surface area contributed by atoms with Gasteiger partial charge in [0, 0.05) is 30.6 Å². The van der Waals surface area contributed by atoms with Gasteiger partial charge in [0.1, 0.15) is 30.1 Å². The van der Waals surface area contributed by atoms with E-state index in [4.69, 9.17) is 19.9 Å². The number of ether oxygens (including phenoxy) is 3. The Morgan fingerprint density at radius 3 is 2.47 bits per heavy atom. The fourth-order valence-electron chi connectivity index (χ4n) is 4.90. The van der Waals surface area contributed by atoms with Crippen LogP contribution in [0, 0.1) is 6.92 Å². The van der Waals surface area contributed by atoms with E-state index in [2.05, 4.69) is 25.0 Å². The van der Waals surface area contributed by atoms with E-state index in [-0.39, 0.29) is 36.4 Å². The van der Waals surface area contributed by atoms with Crippen molar-refractivity contribution in [1.82, 2.24) is 34.3 Å². The summed E-state index contributed by atoms with van der Waals surface area (Å²) in [6, 6.07) is 19.9. The van der Waals surface area contributed by atoms with E-state index in [1.807, 2.05) is 49.4 Å². The molecule has 4 aromatic heterocycles. The van der Waals surface area contributed by atoms with E-state index in [0.29, 0.717) is 33.6 Å². The van der Waals surface area contributed by atoms with Gasteiger partial charge in [0.05, 0.1) is 23.4 Å². The molecule has 0 saturated heterocycles. The number of aromatic nitrogens is 7. The number of hydrogen-bond acceptors (Lipinski definition) is 11. The van der Waals surface area contributed by atoms with Crippen LogP contribution in [-0.2, 0) is 23.1 Å². The third-order valence-corrected chi connectivity index (χ3v) is 6.94. The van der Waals surface area contributed by atoms with Crippen LogP contribution in [0.3, 0.4) is 0 Å². The van der Waals surface area contributed by atoms with E-state index >= 15 is 0 Å². The molecule has 0 radical (unpaired) electrons. The number of nitrogens with zero attached hydrogens (tertiary/aromatic N) is 7. The zero-order valence-electron chi connectivity index (χ0n) is 24.7. The highest BCUT2D eigenvalue weighted by atomic mass is 16.6. The standard InChI is InChI=1S/C32H28N8O5/c1-4-43-30(41)23-16-24(40(38-23)32(42)44-17-20-8-6-5-7-9-20)27-25(26-28(33)35-18-36-29(26)39(27)3)21-10-12-22(13-11-21)45-31-34-15-14-19(2)37-31/h5-16,18H,4,17H2,1-3H3,(H2,33,35,36). The third-order valence-electron chi connectivity index (χ3n) is 6.94. The summed E-state index contributed by atoms with van der Waals surface area (Å²) in [5.74, 6) is 0.0519. The molecular weight excluding hydrogens is 576 g/mol. The smallest absolute Gasteiger partial charge is 0.435 e. The van der Waals surface area contributed by atoms with Gasteiger partial charge in [0.15, 0.2) is 5.69 Å². The van der Waals surface area contributed by atoms with E-state index < -0.39 is 12.1 Å². The van der Waals surface area contributed by atoms with E-state index in [1.165, 1.54) is 12.4 Å². The van der Waals surface area contributed by atoms with Crippen molar-refractivity contribution in [2.24, 2.45) is 7.05 Å². The van der Waals surface area contributed by atoms with Crippen LogP contribution in [0.2, 0.25) is 0 Å². The Hall–Kier alpha value is -6.11. The average molecular weight is 605 g/mol. The molecule has 13 heteroatoms. The molecule has 0 atom stereocenters. The molecule has 0 aliphatic heterocycles. The number of aryl methyl sites for hydroxylation is 2. The number of nitrogens with two attached hydrogens (primary N) is 1. The SMILES string of the molecule is CCOC(=O)c1cc(-c2c(-c3ccc(Oc4nccc(C)n4)cc3)c3c(N)ncnc3n2C)n(C(=O)OCc2ccccc2)n1. The first-order chi connectivity index (χ1) is 21.8. The van der Waals surface area contributed by atoms with E-state index in [9.17, 15) is 9.59 Å². The van der Waals surface area contributed by atoms with Crippen molar-refractivity contribution in [3.05, 3.63) is 96.2 Å². The minimum atomic E-state index is -0.790. The highest BCUT2D eigenvalue weighted by molar-refractivity contribution is 6.08. The molecule has 2 aromatic carbocycles. The lowest BCUT2D eigenvalue weighted by Gasteiger charge is -2.12. The van der Waals surface area contributed by atoms with Crippen molar-refractivity contribution in [1.29, 1.82) is 0 Å². The molecule has 0 unspecified atom stereocenters. The summed E-state index contributed by atoms with van der Waals surface area (Å²) in [5, 5.41) is 4.86. The van der Waals surface area contributed by atoms with Crippen LogP contribution in [-0.4, -0.2) is 53.0 Å². The fraction of sp³-hybridized carbons (Fsp3) is 0.156. The van der Waals surface area contributed by atoms with E-state index in [0.717, 1.165) is 15.9 Å². The molecule has 45 heavy (non-hydrogen) atoms. The highest BCUT2D eigenvalue weighted by Gasteiger charge is 2.29. The Morgan fingerprint density at radius 2 is 1.73 bits per heavy atom. The second-order valence-electron chi connectivity index (χ2n) is 9.93. The molecule has 0 aliphatic carbocycles. The second-order valence-corrected chi connectivity index (χ2v) is 9.93. The van der Waals surface area contributed by atoms with E-state index in [1.54, 1.807) is 42.9 Å².